The number of hydrogen-bond acceptors (Lipinski definition) is 7. The molecule has 3 aromatic carbocycles. The van der Waals surface area contributed by atoms with Crippen LogP contribution in [0.15, 0.2) is 60.9 Å². The summed E-state index contributed by atoms with van der Waals surface area (Å²) in [7, 11) is 1.81. The summed E-state index contributed by atoms with van der Waals surface area (Å²) in [6.07, 6.45) is -3.16. The Hall–Kier alpha value is -4.22. The van der Waals surface area contributed by atoms with Crippen LogP contribution in [0.25, 0.3) is 10.9 Å². The molecule has 220 valence electrons. The second kappa shape index (κ2) is 12.3. The molecule has 0 aliphatic carbocycles. The average Bonchev–Trinajstić information content (AvgIpc) is 2.98. The number of likely N-dealkylation sites (N-methyl/N-ethyl adjacent to an activating group) is 1. The van der Waals surface area contributed by atoms with Gasteiger partial charge in [0.15, 0.2) is 0 Å². The molecule has 4 aromatic rings. The molecule has 0 spiro atoms. The van der Waals surface area contributed by atoms with Crippen molar-refractivity contribution in [1.29, 1.82) is 0 Å². The fourth-order valence-corrected chi connectivity index (χ4v) is 4.99. The molecule has 2 heterocycles. The minimum absolute atomic E-state index is 0.0667. The predicted octanol–water partition coefficient (Wildman–Crippen LogP) is 6.18. The zero-order valence-corrected chi connectivity index (χ0v) is 23.8. The van der Waals surface area contributed by atoms with E-state index in [0.29, 0.717) is 35.6 Å². The van der Waals surface area contributed by atoms with E-state index >= 15 is 0 Å². The number of aromatic nitrogens is 2. The normalized spacial score (nSPS) is 14.6. The monoisotopic (exact) mass is 578 g/mol. The Balaban J connectivity index is 1.34. The molecular formula is C31H33F3N6O2. The van der Waals surface area contributed by atoms with Crippen LogP contribution in [0, 0.1) is 6.92 Å². The lowest BCUT2D eigenvalue weighted by atomic mass is 10.0. The maximum atomic E-state index is 14.0. The summed E-state index contributed by atoms with van der Waals surface area (Å²) in [6, 6.07) is 14.4. The third kappa shape index (κ3) is 6.63. The molecule has 5 rings (SSSR count). The van der Waals surface area contributed by atoms with Crippen molar-refractivity contribution < 1.29 is 22.7 Å². The molecule has 0 bridgehead atoms. The van der Waals surface area contributed by atoms with Gasteiger partial charge in [0.25, 0.3) is 5.91 Å². The molecule has 8 nitrogen and oxygen atoms in total. The summed E-state index contributed by atoms with van der Waals surface area (Å²) in [5.41, 5.74) is 2.08. The number of carbonyl (C=O) groups excluding carboxylic acids is 1. The Morgan fingerprint density at radius 3 is 2.40 bits per heavy atom. The second-order valence-corrected chi connectivity index (χ2v) is 10.3. The first-order chi connectivity index (χ1) is 20.1. The molecule has 1 aliphatic heterocycles. The van der Waals surface area contributed by atoms with Crippen molar-refractivity contribution in [2.24, 2.45) is 0 Å². The number of halogens is 3. The van der Waals surface area contributed by atoms with Crippen LogP contribution in [0.1, 0.15) is 34.0 Å². The van der Waals surface area contributed by atoms with E-state index in [9.17, 15) is 18.0 Å². The van der Waals surface area contributed by atoms with E-state index in [1.54, 1.807) is 18.2 Å². The van der Waals surface area contributed by atoms with Crippen LogP contribution in [-0.2, 0) is 12.7 Å². The maximum absolute atomic E-state index is 14.0. The number of benzene rings is 3. The highest BCUT2D eigenvalue weighted by molar-refractivity contribution is 6.04. The molecule has 1 aromatic heterocycles. The van der Waals surface area contributed by atoms with Crippen molar-refractivity contribution in [2.75, 3.05) is 50.4 Å². The van der Waals surface area contributed by atoms with Gasteiger partial charge < -0.3 is 20.3 Å². The molecule has 0 atom stereocenters. The number of rotatable bonds is 8. The molecular weight excluding hydrogens is 545 g/mol. The van der Waals surface area contributed by atoms with Crippen LogP contribution in [0.3, 0.4) is 0 Å². The van der Waals surface area contributed by atoms with Gasteiger partial charge in [-0.05, 0) is 67.1 Å². The number of aryl methyl sites for hydroxylation is 1. The first-order valence-electron chi connectivity index (χ1n) is 13.8. The quantitative estimate of drug-likeness (QED) is 0.258. The van der Waals surface area contributed by atoms with Crippen molar-refractivity contribution in [3.8, 4) is 11.6 Å². The van der Waals surface area contributed by atoms with Crippen molar-refractivity contribution in [2.45, 2.75) is 26.6 Å². The van der Waals surface area contributed by atoms with Gasteiger partial charge in [0, 0.05) is 56.7 Å². The number of nitrogens with one attached hydrogen (secondary N) is 2. The van der Waals surface area contributed by atoms with Gasteiger partial charge in [-0.15, -0.1) is 0 Å². The summed E-state index contributed by atoms with van der Waals surface area (Å²) in [6.45, 7) is 8.13. The van der Waals surface area contributed by atoms with E-state index in [1.165, 1.54) is 18.5 Å². The largest absolute Gasteiger partial charge is 0.438 e. The number of fused-ring (bicyclic) bond motifs is 1. The summed E-state index contributed by atoms with van der Waals surface area (Å²) in [4.78, 5) is 26.0. The molecule has 1 amide bonds. The van der Waals surface area contributed by atoms with Crippen LogP contribution >= 0.6 is 0 Å². The van der Waals surface area contributed by atoms with Gasteiger partial charge in [-0.3, -0.25) is 9.69 Å². The molecule has 42 heavy (non-hydrogen) atoms. The van der Waals surface area contributed by atoms with Gasteiger partial charge in [0.2, 0.25) is 5.88 Å². The third-order valence-electron chi connectivity index (χ3n) is 7.52. The minimum Gasteiger partial charge on any atom is -0.438 e. The van der Waals surface area contributed by atoms with Gasteiger partial charge in [-0.25, -0.2) is 9.97 Å². The third-order valence-corrected chi connectivity index (χ3v) is 7.52. The highest BCUT2D eigenvalue weighted by Gasteiger charge is 2.34. The van der Waals surface area contributed by atoms with E-state index in [-0.39, 0.29) is 23.4 Å². The summed E-state index contributed by atoms with van der Waals surface area (Å²) in [5, 5.41) is 6.37. The van der Waals surface area contributed by atoms with E-state index in [1.807, 2.05) is 37.1 Å². The number of anilines is 2. The van der Waals surface area contributed by atoms with Gasteiger partial charge in [-0.1, -0.05) is 19.1 Å². The fourth-order valence-electron chi connectivity index (χ4n) is 4.99. The Kier molecular flexibility index (Phi) is 8.60. The highest BCUT2D eigenvalue weighted by Crippen LogP contribution is 2.35. The van der Waals surface area contributed by atoms with Crippen molar-refractivity contribution in [3.63, 3.8) is 0 Å². The Labute approximate surface area is 242 Å². The van der Waals surface area contributed by atoms with Gasteiger partial charge in [0.05, 0.1) is 16.5 Å². The lowest BCUT2D eigenvalue weighted by Gasteiger charge is -2.34. The number of amides is 1. The summed E-state index contributed by atoms with van der Waals surface area (Å²) in [5.74, 6) is 0.169. The Bertz CT molecular complexity index is 1590. The second-order valence-electron chi connectivity index (χ2n) is 10.3. The number of nitrogens with zero attached hydrogens (tertiary/aromatic N) is 4. The number of hydrogen-bond donors (Lipinski definition) is 2. The molecule has 1 aliphatic rings. The van der Waals surface area contributed by atoms with E-state index in [4.69, 9.17) is 4.74 Å². The lowest BCUT2D eigenvalue weighted by Crippen LogP contribution is -2.45. The van der Waals surface area contributed by atoms with Crippen LogP contribution in [0.2, 0.25) is 0 Å². The number of carbonyl (C=O) groups is 1. The molecule has 0 saturated carbocycles. The topological polar surface area (TPSA) is 82.6 Å². The molecule has 0 radical (unpaired) electrons. The maximum Gasteiger partial charge on any atom is 0.416 e. The Morgan fingerprint density at radius 1 is 0.952 bits per heavy atom. The molecule has 0 unspecified atom stereocenters. The molecule has 1 saturated heterocycles. The zero-order valence-electron chi connectivity index (χ0n) is 23.8. The Morgan fingerprint density at radius 2 is 1.69 bits per heavy atom. The summed E-state index contributed by atoms with van der Waals surface area (Å²) >= 11 is 0. The number of alkyl halides is 3. The van der Waals surface area contributed by atoms with E-state index in [0.717, 1.165) is 37.0 Å². The standard InChI is InChI=1S/C31H33F3N6O2/c1-4-39-11-13-40(14-12-39)18-22-7-8-24(16-26(22)31(32,33)34)38-29(41)21-6-5-20(2)28(15-21)42-30-25-10-9-23(35-3)17-27(25)36-19-37-30/h5-10,15-17,19,35H,4,11-14,18H2,1-3H3,(H,38,41). The predicted molar refractivity (Wildman–Crippen MR) is 157 cm³/mol. The lowest BCUT2D eigenvalue weighted by molar-refractivity contribution is -0.138. The van der Waals surface area contributed by atoms with Crippen LogP contribution in [0.4, 0.5) is 24.5 Å². The average molecular weight is 579 g/mol. The zero-order chi connectivity index (χ0) is 29.9. The van der Waals surface area contributed by atoms with Crippen molar-refractivity contribution in [1.82, 2.24) is 19.8 Å². The fraction of sp³-hybridized carbons (Fsp3) is 0.323. The molecule has 2 N–H and O–H groups in total. The SMILES string of the molecule is CCN1CCN(Cc2ccc(NC(=O)c3ccc(C)c(Oc4ncnc5cc(NC)ccc45)c3)cc2C(F)(F)F)CC1. The number of piperazine rings is 1. The van der Waals surface area contributed by atoms with Gasteiger partial charge >= 0.3 is 6.18 Å². The summed E-state index contributed by atoms with van der Waals surface area (Å²) < 4.78 is 48.2. The van der Waals surface area contributed by atoms with Gasteiger partial charge in [0.1, 0.15) is 12.1 Å². The van der Waals surface area contributed by atoms with Crippen molar-refractivity contribution >= 4 is 28.2 Å². The molecule has 1 fully saturated rings. The highest BCUT2D eigenvalue weighted by atomic mass is 19.4. The first kappa shape index (κ1) is 29.3. The van der Waals surface area contributed by atoms with Gasteiger partial charge in [-0.2, -0.15) is 13.2 Å². The van der Waals surface area contributed by atoms with Crippen LogP contribution in [-0.4, -0.2) is 65.4 Å². The van der Waals surface area contributed by atoms with E-state index < -0.39 is 17.6 Å². The first-order valence-corrected chi connectivity index (χ1v) is 13.8. The number of ether oxygens (including phenoxy) is 1. The van der Waals surface area contributed by atoms with Crippen molar-refractivity contribution in [3.05, 3.63) is 83.2 Å². The van der Waals surface area contributed by atoms with E-state index in [2.05, 4.69) is 32.4 Å². The van der Waals surface area contributed by atoms with Crippen LogP contribution < -0.4 is 15.4 Å². The minimum atomic E-state index is -4.56. The smallest absolute Gasteiger partial charge is 0.416 e. The molecule has 11 heteroatoms. The van der Waals surface area contributed by atoms with Crippen LogP contribution in [0.5, 0.6) is 11.6 Å².